The van der Waals surface area contributed by atoms with E-state index in [2.05, 4.69) is 26.8 Å². The van der Waals surface area contributed by atoms with Crippen LogP contribution in [0.3, 0.4) is 0 Å². The predicted octanol–water partition coefficient (Wildman–Crippen LogP) is 2.43. The molecule has 1 aromatic carbocycles. The van der Waals surface area contributed by atoms with Crippen LogP contribution in [0.4, 0.5) is 5.82 Å². The van der Waals surface area contributed by atoms with E-state index in [1.165, 1.54) is 0 Å². The zero-order valence-corrected chi connectivity index (χ0v) is 15.6. The first kappa shape index (κ1) is 17.8. The molecule has 0 radical (unpaired) electrons. The molecule has 0 unspecified atom stereocenters. The van der Waals surface area contributed by atoms with Gasteiger partial charge in [0, 0.05) is 25.0 Å². The number of rotatable bonds is 5. The van der Waals surface area contributed by atoms with Crippen LogP contribution in [-0.4, -0.2) is 47.7 Å². The molecular weight excluding hydrogens is 342 g/mol. The Morgan fingerprint density at radius 3 is 2.85 bits per heavy atom. The van der Waals surface area contributed by atoms with E-state index >= 15 is 0 Å². The third-order valence-corrected chi connectivity index (χ3v) is 5.71. The van der Waals surface area contributed by atoms with E-state index in [9.17, 15) is 4.79 Å². The minimum Gasteiger partial charge on any atom is -0.358 e. The summed E-state index contributed by atoms with van der Waals surface area (Å²) in [5, 5.41) is 20.0. The highest BCUT2D eigenvalue weighted by Crippen LogP contribution is 2.29. The van der Waals surface area contributed by atoms with Crippen molar-refractivity contribution in [3.05, 3.63) is 23.8 Å². The lowest BCUT2D eigenvalue weighted by Gasteiger charge is -2.46. The highest BCUT2D eigenvalue weighted by atomic mass is 16.5. The number of carbonyl (C=O) groups is 1. The van der Waals surface area contributed by atoms with Crippen molar-refractivity contribution in [1.29, 1.82) is 5.26 Å². The molecule has 27 heavy (non-hydrogen) atoms. The van der Waals surface area contributed by atoms with Crippen molar-refractivity contribution in [3.8, 4) is 6.07 Å². The van der Waals surface area contributed by atoms with Crippen molar-refractivity contribution in [1.82, 2.24) is 15.4 Å². The number of nitrogens with one attached hydrogen (secondary N) is 2. The topological polar surface area (TPSA) is 94.2 Å². The molecule has 1 aromatic heterocycles. The van der Waals surface area contributed by atoms with Gasteiger partial charge in [0.15, 0.2) is 11.4 Å². The van der Waals surface area contributed by atoms with Crippen LogP contribution in [0.1, 0.15) is 31.2 Å². The highest BCUT2D eigenvalue weighted by Gasteiger charge is 2.35. The maximum absolute atomic E-state index is 12.2. The second-order valence-corrected chi connectivity index (χ2v) is 7.74. The standard InChI is InChI=1S/C20H25N5O2/c1-13-2-7-18-17(8-13)20(24-27-18)22-10-19(26)23-15-11-25(12-15)16-5-3-14(9-21)4-6-16/h2,7-8,14-16H,3-6,10-12H2,1H3,(H,22,24)(H,23,26). The maximum atomic E-state index is 12.2. The van der Waals surface area contributed by atoms with Crippen LogP contribution < -0.4 is 10.6 Å². The normalized spacial score (nSPS) is 23.6. The molecule has 1 saturated carbocycles. The number of likely N-dealkylation sites (tertiary alicyclic amines) is 1. The second-order valence-electron chi connectivity index (χ2n) is 7.74. The van der Waals surface area contributed by atoms with Crippen molar-refractivity contribution >= 4 is 22.7 Å². The number of anilines is 1. The number of aryl methyl sites for hydroxylation is 1. The molecule has 2 aromatic rings. The average molecular weight is 367 g/mol. The van der Waals surface area contributed by atoms with Gasteiger partial charge in [-0.25, -0.2) is 0 Å². The summed E-state index contributed by atoms with van der Waals surface area (Å²) in [6.45, 7) is 4.00. The van der Waals surface area contributed by atoms with Crippen LogP contribution in [-0.2, 0) is 4.79 Å². The van der Waals surface area contributed by atoms with Crippen LogP contribution >= 0.6 is 0 Å². The molecule has 1 saturated heterocycles. The van der Waals surface area contributed by atoms with Gasteiger partial charge in [0.05, 0.1) is 24.0 Å². The summed E-state index contributed by atoms with van der Waals surface area (Å²) in [6, 6.07) is 9.02. The van der Waals surface area contributed by atoms with E-state index in [4.69, 9.17) is 9.78 Å². The van der Waals surface area contributed by atoms with Crippen LogP contribution in [0.5, 0.6) is 0 Å². The Bertz CT molecular complexity index is 857. The Labute approximate surface area is 158 Å². The number of fused-ring (bicyclic) bond motifs is 1. The van der Waals surface area contributed by atoms with Gasteiger partial charge in [0.2, 0.25) is 5.91 Å². The van der Waals surface area contributed by atoms with E-state index in [1.807, 2.05) is 25.1 Å². The summed E-state index contributed by atoms with van der Waals surface area (Å²) in [6.07, 6.45) is 4.20. The van der Waals surface area contributed by atoms with Gasteiger partial charge < -0.3 is 15.2 Å². The Morgan fingerprint density at radius 1 is 1.33 bits per heavy atom. The average Bonchev–Trinajstić information content (AvgIpc) is 3.05. The second kappa shape index (κ2) is 7.57. The van der Waals surface area contributed by atoms with E-state index < -0.39 is 0 Å². The fourth-order valence-corrected chi connectivity index (χ4v) is 4.09. The summed E-state index contributed by atoms with van der Waals surface area (Å²) in [5.74, 6) is 0.811. The van der Waals surface area contributed by atoms with Crippen molar-refractivity contribution in [3.63, 3.8) is 0 Å². The SMILES string of the molecule is Cc1ccc2onc(NCC(=O)NC3CN(C4CCC(C#N)CC4)C3)c2c1. The Morgan fingerprint density at radius 2 is 2.11 bits per heavy atom. The predicted molar refractivity (Wildman–Crippen MR) is 102 cm³/mol. The third-order valence-electron chi connectivity index (χ3n) is 5.71. The summed E-state index contributed by atoms with van der Waals surface area (Å²) < 4.78 is 5.28. The van der Waals surface area contributed by atoms with Gasteiger partial charge >= 0.3 is 0 Å². The van der Waals surface area contributed by atoms with Gasteiger partial charge in [-0.05, 0) is 44.7 Å². The molecule has 2 fully saturated rings. The smallest absolute Gasteiger partial charge is 0.239 e. The summed E-state index contributed by atoms with van der Waals surface area (Å²) in [5.41, 5.74) is 1.83. The lowest BCUT2D eigenvalue weighted by atomic mass is 9.85. The Kier molecular flexibility index (Phi) is 4.99. The molecular formula is C20H25N5O2. The fraction of sp³-hybridized carbons (Fsp3) is 0.550. The van der Waals surface area contributed by atoms with Crippen LogP contribution in [0.2, 0.25) is 0 Å². The van der Waals surface area contributed by atoms with Crippen LogP contribution in [0.25, 0.3) is 11.0 Å². The molecule has 4 rings (SSSR count). The van der Waals surface area contributed by atoms with E-state index in [0.29, 0.717) is 17.4 Å². The number of carbonyl (C=O) groups excluding carboxylic acids is 1. The molecule has 0 bridgehead atoms. The lowest BCUT2D eigenvalue weighted by molar-refractivity contribution is -0.121. The maximum Gasteiger partial charge on any atom is 0.239 e. The molecule has 1 amide bonds. The first-order chi connectivity index (χ1) is 13.1. The van der Waals surface area contributed by atoms with Crippen molar-refractivity contribution in [2.24, 2.45) is 5.92 Å². The molecule has 7 heteroatoms. The molecule has 0 atom stereocenters. The Hall–Kier alpha value is -2.59. The molecule has 2 heterocycles. The van der Waals surface area contributed by atoms with E-state index in [0.717, 1.165) is 49.7 Å². The summed E-state index contributed by atoms with van der Waals surface area (Å²) >= 11 is 0. The van der Waals surface area contributed by atoms with Gasteiger partial charge in [0.25, 0.3) is 0 Å². The molecule has 2 N–H and O–H groups in total. The third kappa shape index (κ3) is 3.91. The molecule has 1 aliphatic heterocycles. The zero-order chi connectivity index (χ0) is 18.8. The number of hydrogen-bond donors (Lipinski definition) is 2. The quantitative estimate of drug-likeness (QED) is 0.843. The highest BCUT2D eigenvalue weighted by molar-refractivity contribution is 5.90. The van der Waals surface area contributed by atoms with Gasteiger partial charge in [0.1, 0.15) is 0 Å². The van der Waals surface area contributed by atoms with Crippen molar-refractivity contribution in [2.75, 3.05) is 25.0 Å². The molecule has 2 aliphatic rings. The van der Waals surface area contributed by atoms with Gasteiger partial charge in [-0.3, -0.25) is 9.69 Å². The zero-order valence-electron chi connectivity index (χ0n) is 15.6. The van der Waals surface area contributed by atoms with E-state index in [-0.39, 0.29) is 24.4 Å². The molecule has 0 spiro atoms. The number of nitrogens with zero attached hydrogens (tertiary/aromatic N) is 3. The summed E-state index contributed by atoms with van der Waals surface area (Å²) in [7, 11) is 0. The fourth-order valence-electron chi connectivity index (χ4n) is 4.09. The van der Waals surface area contributed by atoms with Crippen LogP contribution in [0, 0.1) is 24.2 Å². The number of aromatic nitrogens is 1. The van der Waals surface area contributed by atoms with Crippen molar-refractivity contribution < 1.29 is 9.32 Å². The van der Waals surface area contributed by atoms with Crippen molar-refractivity contribution in [2.45, 2.75) is 44.7 Å². The molecule has 142 valence electrons. The number of benzene rings is 1. The largest absolute Gasteiger partial charge is 0.358 e. The van der Waals surface area contributed by atoms with Gasteiger partial charge in [-0.2, -0.15) is 5.26 Å². The first-order valence-electron chi connectivity index (χ1n) is 9.65. The Balaban J connectivity index is 1.21. The minimum atomic E-state index is -0.0309. The van der Waals surface area contributed by atoms with Gasteiger partial charge in [-0.1, -0.05) is 16.8 Å². The first-order valence-corrected chi connectivity index (χ1v) is 9.65. The van der Waals surface area contributed by atoms with Gasteiger partial charge in [-0.15, -0.1) is 0 Å². The summed E-state index contributed by atoms with van der Waals surface area (Å²) in [4.78, 5) is 14.7. The molecule has 1 aliphatic carbocycles. The monoisotopic (exact) mass is 367 g/mol. The van der Waals surface area contributed by atoms with Crippen LogP contribution in [0.15, 0.2) is 22.7 Å². The number of nitriles is 1. The number of hydrogen-bond acceptors (Lipinski definition) is 6. The molecule has 7 nitrogen and oxygen atoms in total. The van der Waals surface area contributed by atoms with E-state index in [1.54, 1.807) is 0 Å². The minimum absolute atomic E-state index is 0.0309. The number of amides is 1. The lowest BCUT2D eigenvalue weighted by Crippen LogP contribution is -2.63.